The molecule has 0 aliphatic rings. The minimum Gasteiger partial charge on any atom is -0.496 e. The summed E-state index contributed by atoms with van der Waals surface area (Å²) in [4.78, 5) is 12.5. The fourth-order valence-electron chi connectivity index (χ4n) is 2.53. The molecule has 26 heavy (non-hydrogen) atoms. The number of anilines is 1. The Balaban J connectivity index is 2.16. The van der Waals surface area contributed by atoms with Crippen LogP contribution in [0, 0.1) is 0 Å². The van der Waals surface area contributed by atoms with Gasteiger partial charge < -0.3 is 10.1 Å². The molecule has 6 nitrogen and oxygen atoms in total. The average Bonchev–Trinajstić information content (AvgIpc) is 2.59. The zero-order valence-corrected chi connectivity index (χ0v) is 17.2. The Hall–Kier alpha value is -2.06. The van der Waals surface area contributed by atoms with E-state index >= 15 is 0 Å². The molecule has 0 aliphatic heterocycles. The molecule has 140 valence electrons. The van der Waals surface area contributed by atoms with Crippen LogP contribution in [0.2, 0.25) is 0 Å². The van der Waals surface area contributed by atoms with Gasteiger partial charge in [-0.25, -0.2) is 8.42 Å². The highest BCUT2D eigenvalue weighted by atomic mass is 79.9. The van der Waals surface area contributed by atoms with Crippen LogP contribution >= 0.6 is 15.9 Å². The topological polar surface area (TPSA) is 75.7 Å². The van der Waals surface area contributed by atoms with E-state index in [1.807, 2.05) is 31.2 Å². The van der Waals surface area contributed by atoms with Gasteiger partial charge in [0.05, 0.1) is 25.1 Å². The second kappa shape index (κ2) is 8.55. The zero-order valence-electron chi connectivity index (χ0n) is 14.8. The van der Waals surface area contributed by atoms with Gasteiger partial charge in [0.1, 0.15) is 12.3 Å². The number of benzene rings is 2. The lowest BCUT2D eigenvalue weighted by atomic mass is 10.1. The molecule has 8 heteroatoms. The normalized spacial score (nSPS) is 12.3. The third kappa shape index (κ3) is 5.22. The number of hydrogen-bond donors (Lipinski definition) is 1. The molecule has 0 bridgehead atoms. The van der Waals surface area contributed by atoms with Crippen molar-refractivity contribution < 1.29 is 17.9 Å². The van der Waals surface area contributed by atoms with Gasteiger partial charge in [-0.3, -0.25) is 9.10 Å². The summed E-state index contributed by atoms with van der Waals surface area (Å²) in [5.74, 6) is 0.255. The smallest absolute Gasteiger partial charge is 0.241 e. The van der Waals surface area contributed by atoms with Crippen molar-refractivity contribution in [1.82, 2.24) is 5.32 Å². The number of methoxy groups -OCH3 is 1. The van der Waals surface area contributed by atoms with E-state index in [0.29, 0.717) is 11.4 Å². The SMILES string of the molecule is COc1ccccc1[C@H](C)NC(=O)CN(c1ccc(Br)cc1)S(C)(=O)=O. The number of nitrogens with zero attached hydrogens (tertiary/aromatic N) is 1. The molecular weight excluding hydrogens is 420 g/mol. The van der Waals surface area contributed by atoms with Crippen LogP contribution in [0.4, 0.5) is 5.69 Å². The van der Waals surface area contributed by atoms with Crippen molar-refractivity contribution in [2.24, 2.45) is 0 Å². The van der Waals surface area contributed by atoms with Crippen molar-refractivity contribution in [1.29, 1.82) is 0 Å². The molecule has 0 spiro atoms. The molecule has 2 aromatic carbocycles. The first-order chi connectivity index (χ1) is 12.2. The molecular formula is C18H21BrN2O4S. The Bertz CT molecular complexity index is 869. The van der Waals surface area contributed by atoms with E-state index in [4.69, 9.17) is 4.74 Å². The average molecular weight is 441 g/mol. The Kier molecular flexibility index (Phi) is 6.66. The molecule has 0 saturated heterocycles. The number of sulfonamides is 1. The summed E-state index contributed by atoms with van der Waals surface area (Å²) in [5, 5.41) is 2.82. The summed E-state index contributed by atoms with van der Waals surface area (Å²) < 4.78 is 31.4. The third-order valence-electron chi connectivity index (χ3n) is 3.79. The Morgan fingerprint density at radius 2 is 1.81 bits per heavy atom. The van der Waals surface area contributed by atoms with Crippen LogP contribution in [0.15, 0.2) is 53.0 Å². The van der Waals surface area contributed by atoms with E-state index in [-0.39, 0.29) is 12.6 Å². The highest BCUT2D eigenvalue weighted by Crippen LogP contribution is 2.25. The third-order valence-corrected chi connectivity index (χ3v) is 5.45. The minimum absolute atomic E-state index is 0.306. The number of amides is 1. The van der Waals surface area contributed by atoms with Crippen LogP contribution in [0.3, 0.4) is 0 Å². The summed E-state index contributed by atoms with van der Waals surface area (Å²) in [6, 6.07) is 13.8. The predicted molar refractivity (Wildman–Crippen MR) is 106 cm³/mol. The fourth-order valence-corrected chi connectivity index (χ4v) is 3.65. The molecule has 0 fully saturated rings. The number of hydrogen-bond acceptors (Lipinski definition) is 4. The van der Waals surface area contributed by atoms with Crippen LogP contribution in [0.1, 0.15) is 18.5 Å². The van der Waals surface area contributed by atoms with Crippen LogP contribution < -0.4 is 14.4 Å². The number of carbonyl (C=O) groups excluding carboxylic acids is 1. The van der Waals surface area contributed by atoms with Crippen LogP contribution in [0.5, 0.6) is 5.75 Å². The monoisotopic (exact) mass is 440 g/mol. The fraction of sp³-hybridized carbons (Fsp3) is 0.278. The lowest BCUT2D eigenvalue weighted by molar-refractivity contribution is -0.120. The standard InChI is InChI=1S/C18H21BrN2O4S/c1-13(16-6-4-5-7-17(16)25-2)20-18(22)12-21(26(3,23)24)15-10-8-14(19)9-11-15/h4-11,13H,12H2,1-3H3,(H,20,22)/t13-/m0/s1. The van der Waals surface area contributed by atoms with Crippen molar-refractivity contribution in [2.45, 2.75) is 13.0 Å². The molecule has 1 atom stereocenters. The zero-order chi connectivity index (χ0) is 19.3. The highest BCUT2D eigenvalue weighted by molar-refractivity contribution is 9.10. The minimum atomic E-state index is -3.61. The number of rotatable bonds is 7. The van der Waals surface area contributed by atoms with Crippen molar-refractivity contribution in [3.63, 3.8) is 0 Å². The van der Waals surface area contributed by atoms with Crippen LogP contribution in [-0.4, -0.2) is 34.2 Å². The lowest BCUT2D eigenvalue weighted by Crippen LogP contribution is -2.41. The molecule has 2 aromatic rings. The van der Waals surface area contributed by atoms with Crippen molar-refractivity contribution in [3.8, 4) is 5.75 Å². The molecule has 0 aliphatic carbocycles. The maximum absolute atomic E-state index is 12.5. The van der Waals surface area contributed by atoms with Gasteiger partial charge in [-0.2, -0.15) is 0 Å². The first-order valence-electron chi connectivity index (χ1n) is 7.88. The van der Waals surface area contributed by atoms with Gasteiger partial charge in [0.2, 0.25) is 15.9 Å². The molecule has 0 radical (unpaired) electrons. The molecule has 0 saturated carbocycles. The number of para-hydroxylation sites is 1. The van der Waals surface area contributed by atoms with Gasteiger partial charge in [-0.05, 0) is 37.3 Å². The molecule has 1 amide bonds. The molecule has 2 rings (SSSR count). The molecule has 0 aromatic heterocycles. The van der Waals surface area contributed by atoms with E-state index in [2.05, 4.69) is 21.2 Å². The van der Waals surface area contributed by atoms with E-state index in [1.165, 1.54) is 0 Å². The first kappa shape index (κ1) is 20.3. The molecule has 0 unspecified atom stereocenters. The van der Waals surface area contributed by atoms with Gasteiger partial charge in [0.15, 0.2) is 0 Å². The van der Waals surface area contributed by atoms with Gasteiger partial charge in [-0.1, -0.05) is 34.1 Å². The van der Waals surface area contributed by atoms with Crippen molar-refractivity contribution in [2.75, 3.05) is 24.2 Å². The van der Waals surface area contributed by atoms with E-state index in [0.717, 1.165) is 20.6 Å². The van der Waals surface area contributed by atoms with E-state index < -0.39 is 15.9 Å². The second-order valence-electron chi connectivity index (χ2n) is 5.78. The number of ether oxygens (including phenoxy) is 1. The summed E-state index contributed by atoms with van der Waals surface area (Å²) in [6.07, 6.45) is 1.08. The maximum Gasteiger partial charge on any atom is 0.241 e. The summed E-state index contributed by atoms with van der Waals surface area (Å²) in [5.41, 5.74) is 1.24. The largest absolute Gasteiger partial charge is 0.496 e. The number of carbonyl (C=O) groups is 1. The first-order valence-corrected chi connectivity index (χ1v) is 10.5. The van der Waals surface area contributed by atoms with Crippen molar-refractivity contribution in [3.05, 3.63) is 58.6 Å². The number of halogens is 1. The molecule has 0 heterocycles. The highest BCUT2D eigenvalue weighted by Gasteiger charge is 2.22. The Morgan fingerprint density at radius 1 is 1.19 bits per heavy atom. The second-order valence-corrected chi connectivity index (χ2v) is 8.60. The summed E-state index contributed by atoms with van der Waals surface area (Å²) in [7, 11) is -2.04. The lowest BCUT2D eigenvalue weighted by Gasteiger charge is -2.23. The van der Waals surface area contributed by atoms with E-state index in [9.17, 15) is 13.2 Å². The Morgan fingerprint density at radius 3 is 2.38 bits per heavy atom. The van der Waals surface area contributed by atoms with Crippen LogP contribution in [-0.2, 0) is 14.8 Å². The van der Waals surface area contributed by atoms with Gasteiger partial charge >= 0.3 is 0 Å². The van der Waals surface area contributed by atoms with Gasteiger partial charge in [0, 0.05) is 10.0 Å². The quantitative estimate of drug-likeness (QED) is 0.717. The van der Waals surface area contributed by atoms with Gasteiger partial charge in [-0.15, -0.1) is 0 Å². The Labute approximate surface area is 162 Å². The maximum atomic E-state index is 12.5. The number of nitrogens with one attached hydrogen (secondary N) is 1. The van der Waals surface area contributed by atoms with Crippen molar-refractivity contribution >= 4 is 37.5 Å². The van der Waals surface area contributed by atoms with E-state index in [1.54, 1.807) is 31.4 Å². The summed E-state index contributed by atoms with van der Waals surface area (Å²) >= 11 is 3.31. The van der Waals surface area contributed by atoms with Crippen LogP contribution in [0.25, 0.3) is 0 Å². The molecule has 1 N–H and O–H groups in total. The van der Waals surface area contributed by atoms with Gasteiger partial charge in [0.25, 0.3) is 0 Å². The summed E-state index contributed by atoms with van der Waals surface area (Å²) in [6.45, 7) is 1.51. The predicted octanol–water partition coefficient (Wildman–Crippen LogP) is 3.10.